The lowest BCUT2D eigenvalue weighted by Crippen LogP contribution is -2.24. The number of benzene rings is 2. The van der Waals surface area contributed by atoms with E-state index in [1.807, 2.05) is 6.92 Å². The second-order valence-corrected chi connectivity index (χ2v) is 5.57. The molecule has 10 heteroatoms. The van der Waals surface area contributed by atoms with Crippen LogP contribution in [-0.4, -0.2) is 33.6 Å². The van der Waals surface area contributed by atoms with Gasteiger partial charge in [0.2, 0.25) is 5.82 Å². The number of nitrogens with one attached hydrogen (secondary N) is 2. The van der Waals surface area contributed by atoms with Gasteiger partial charge in [0.1, 0.15) is 5.75 Å². The molecule has 2 aromatic carbocycles. The molecular formula is C18H15N5O5. The quantitative estimate of drug-likeness (QED) is 0.380. The van der Waals surface area contributed by atoms with Gasteiger partial charge in [-0.25, -0.2) is 10.4 Å². The fourth-order valence-electron chi connectivity index (χ4n) is 2.38. The smallest absolute Gasteiger partial charge is 0.307 e. The number of fused-ring (bicyclic) bond motifs is 1. The number of aromatic nitrogens is 2. The molecule has 0 radical (unpaired) electrons. The number of hydrogen-bond donors (Lipinski definition) is 2. The van der Waals surface area contributed by atoms with Crippen molar-refractivity contribution >= 4 is 28.7 Å². The van der Waals surface area contributed by atoms with E-state index < -0.39 is 16.4 Å². The van der Waals surface area contributed by atoms with E-state index in [9.17, 15) is 19.7 Å². The van der Waals surface area contributed by atoms with Gasteiger partial charge in [-0.15, -0.1) is 0 Å². The van der Waals surface area contributed by atoms with Crippen LogP contribution in [0.25, 0.3) is 10.9 Å². The summed E-state index contributed by atoms with van der Waals surface area (Å²) >= 11 is 0. The molecule has 0 unspecified atom stereocenters. The van der Waals surface area contributed by atoms with Crippen molar-refractivity contribution in [2.75, 3.05) is 6.61 Å². The number of carbonyl (C=O) groups excluding carboxylic acids is 1. The molecule has 142 valence electrons. The summed E-state index contributed by atoms with van der Waals surface area (Å²) in [5.74, 6) is -0.253. The summed E-state index contributed by atoms with van der Waals surface area (Å²) in [6.07, 6.45) is 1.43. The van der Waals surface area contributed by atoms with Crippen molar-refractivity contribution in [1.82, 2.24) is 15.4 Å². The molecule has 1 aromatic heterocycles. The third-order valence-corrected chi connectivity index (χ3v) is 3.69. The van der Waals surface area contributed by atoms with Gasteiger partial charge in [0, 0.05) is 12.1 Å². The minimum Gasteiger partial charge on any atom is -0.494 e. The van der Waals surface area contributed by atoms with Gasteiger partial charge in [0.05, 0.1) is 28.6 Å². The van der Waals surface area contributed by atoms with Crippen LogP contribution in [0.4, 0.5) is 5.69 Å². The van der Waals surface area contributed by atoms with Crippen LogP contribution in [0.15, 0.2) is 52.4 Å². The highest BCUT2D eigenvalue weighted by atomic mass is 16.6. The SMILES string of the molecule is CCOc1ccc(/C=N/NC(=O)c2nc3ccc([N+](=O)[O-])cc3c(=O)[nH]2)cc1. The molecule has 3 rings (SSSR count). The second kappa shape index (κ2) is 8.08. The summed E-state index contributed by atoms with van der Waals surface area (Å²) in [7, 11) is 0. The number of nitro benzene ring substituents is 1. The van der Waals surface area contributed by atoms with E-state index in [4.69, 9.17) is 4.74 Å². The molecular weight excluding hydrogens is 366 g/mol. The predicted molar refractivity (Wildman–Crippen MR) is 102 cm³/mol. The molecule has 1 heterocycles. The van der Waals surface area contributed by atoms with Crippen LogP contribution in [0.2, 0.25) is 0 Å². The van der Waals surface area contributed by atoms with E-state index in [-0.39, 0.29) is 22.4 Å². The number of amides is 1. The molecule has 0 aliphatic heterocycles. The minimum atomic E-state index is -0.723. The molecule has 0 saturated carbocycles. The van der Waals surface area contributed by atoms with Gasteiger partial charge in [0.15, 0.2) is 0 Å². The van der Waals surface area contributed by atoms with Gasteiger partial charge >= 0.3 is 5.91 Å². The minimum absolute atomic E-state index is 0.0173. The van der Waals surface area contributed by atoms with Crippen molar-refractivity contribution in [2.24, 2.45) is 5.10 Å². The molecule has 28 heavy (non-hydrogen) atoms. The third kappa shape index (κ3) is 4.18. The Morgan fingerprint density at radius 3 is 2.75 bits per heavy atom. The highest BCUT2D eigenvalue weighted by Gasteiger charge is 2.14. The summed E-state index contributed by atoms with van der Waals surface area (Å²) in [5, 5.41) is 14.6. The van der Waals surface area contributed by atoms with E-state index in [0.29, 0.717) is 6.61 Å². The van der Waals surface area contributed by atoms with Crippen LogP contribution in [0.1, 0.15) is 23.1 Å². The molecule has 3 aromatic rings. The molecule has 0 saturated heterocycles. The van der Waals surface area contributed by atoms with Crippen molar-refractivity contribution in [3.8, 4) is 5.75 Å². The zero-order valence-electron chi connectivity index (χ0n) is 14.7. The van der Waals surface area contributed by atoms with Crippen LogP contribution in [0, 0.1) is 10.1 Å². The number of rotatable bonds is 6. The highest BCUT2D eigenvalue weighted by Crippen LogP contribution is 2.16. The fourth-order valence-corrected chi connectivity index (χ4v) is 2.38. The highest BCUT2D eigenvalue weighted by molar-refractivity contribution is 5.93. The molecule has 0 bridgehead atoms. The Hall–Kier alpha value is -4.08. The van der Waals surface area contributed by atoms with Crippen LogP contribution < -0.4 is 15.7 Å². The third-order valence-electron chi connectivity index (χ3n) is 3.69. The standard InChI is InChI=1S/C18H15N5O5/c1-2-28-13-6-3-11(4-7-13)10-19-22-18(25)16-20-15-8-5-12(23(26)27)9-14(15)17(24)21-16/h3-10H,2H2,1H3,(H,22,25)(H,20,21,24)/b19-10+. The zero-order chi connectivity index (χ0) is 20.1. The number of hydrogen-bond acceptors (Lipinski definition) is 7. The predicted octanol–water partition coefficient (Wildman–Crippen LogP) is 1.99. The van der Waals surface area contributed by atoms with E-state index in [1.54, 1.807) is 24.3 Å². The van der Waals surface area contributed by atoms with Gasteiger partial charge in [0.25, 0.3) is 11.2 Å². The summed E-state index contributed by atoms with van der Waals surface area (Å²) in [6, 6.07) is 10.7. The lowest BCUT2D eigenvalue weighted by atomic mass is 10.2. The summed E-state index contributed by atoms with van der Waals surface area (Å²) in [4.78, 5) is 40.8. The molecule has 0 fully saturated rings. The van der Waals surface area contributed by atoms with Gasteiger partial charge in [-0.05, 0) is 42.8 Å². The average Bonchev–Trinajstić information content (AvgIpc) is 2.69. The maximum absolute atomic E-state index is 12.2. The Balaban J connectivity index is 1.75. The Labute approximate surface area is 158 Å². The number of carbonyl (C=O) groups is 1. The molecule has 1 amide bonds. The lowest BCUT2D eigenvalue weighted by molar-refractivity contribution is -0.384. The van der Waals surface area contributed by atoms with Crippen LogP contribution >= 0.6 is 0 Å². The summed E-state index contributed by atoms with van der Waals surface area (Å²) in [5.41, 5.74) is 2.26. The Kier molecular flexibility index (Phi) is 5.40. The van der Waals surface area contributed by atoms with Crippen molar-refractivity contribution < 1.29 is 14.5 Å². The first-order valence-electron chi connectivity index (χ1n) is 8.22. The first kappa shape index (κ1) is 18.7. The second-order valence-electron chi connectivity index (χ2n) is 5.57. The molecule has 0 aliphatic carbocycles. The van der Waals surface area contributed by atoms with Crippen LogP contribution in [-0.2, 0) is 0 Å². The monoisotopic (exact) mass is 381 g/mol. The van der Waals surface area contributed by atoms with E-state index >= 15 is 0 Å². The maximum atomic E-state index is 12.2. The van der Waals surface area contributed by atoms with Crippen molar-refractivity contribution in [3.05, 3.63) is 74.3 Å². The Morgan fingerprint density at radius 1 is 1.32 bits per heavy atom. The first-order chi connectivity index (χ1) is 13.5. The largest absolute Gasteiger partial charge is 0.494 e. The lowest BCUT2D eigenvalue weighted by Gasteiger charge is -2.03. The first-order valence-corrected chi connectivity index (χ1v) is 8.22. The molecule has 0 atom stereocenters. The molecule has 2 N–H and O–H groups in total. The number of non-ortho nitro benzene ring substituents is 1. The number of aromatic amines is 1. The number of hydrazone groups is 1. The number of nitro groups is 1. The zero-order valence-corrected chi connectivity index (χ0v) is 14.7. The van der Waals surface area contributed by atoms with Crippen molar-refractivity contribution in [1.29, 1.82) is 0 Å². The normalized spacial score (nSPS) is 10.9. The van der Waals surface area contributed by atoms with E-state index in [0.717, 1.165) is 17.4 Å². The molecule has 0 spiro atoms. The van der Waals surface area contributed by atoms with E-state index in [2.05, 4.69) is 20.5 Å². The Morgan fingerprint density at radius 2 is 2.07 bits per heavy atom. The molecule has 10 nitrogen and oxygen atoms in total. The van der Waals surface area contributed by atoms with Crippen LogP contribution in [0.3, 0.4) is 0 Å². The molecule has 0 aliphatic rings. The number of ether oxygens (including phenoxy) is 1. The summed E-state index contributed by atoms with van der Waals surface area (Å²) in [6.45, 7) is 2.45. The maximum Gasteiger partial charge on any atom is 0.307 e. The number of H-pyrrole nitrogens is 1. The summed E-state index contributed by atoms with van der Waals surface area (Å²) < 4.78 is 5.33. The van der Waals surface area contributed by atoms with Crippen molar-refractivity contribution in [3.63, 3.8) is 0 Å². The van der Waals surface area contributed by atoms with E-state index in [1.165, 1.54) is 18.3 Å². The van der Waals surface area contributed by atoms with Gasteiger partial charge in [-0.1, -0.05) is 0 Å². The van der Waals surface area contributed by atoms with Crippen LogP contribution in [0.5, 0.6) is 5.75 Å². The number of nitrogens with zero attached hydrogens (tertiary/aromatic N) is 3. The topological polar surface area (TPSA) is 140 Å². The van der Waals surface area contributed by atoms with Gasteiger partial charge in [-0.2, -0.15) is 5.10 Å². The van der Waals surface area contributed by atoms with Crippen molar-refractivity contribution in [2.45, 2.75) is 6.92 Å². The van der Waals surface area contributed by atoms with Gasteiger partial charge < -0.3 is 9.72 Å². The van der Waals surface area contributed by atoms with Gasteiger partial charge in [-0.3, -0.25) is 19.7 Å². The fraction of sp³-hybridized carbons (Fsp3) is 0.111. The Bertz CT molecular complexity index is 1120. The average molecular weight is 381 g/mol.